The van der Waals surface area contributed by atoms with Gasteiger partial charge in [0.15, 0.2) is 5.96 Å². The van der Waals surface area contributed by atoms with Gasteiger partial charge in [0.25, 0.3) is 0 Å². The summed E-state index contributed by atoms with van der Waals surface area (Å²) in [5, 5.41) is 9.20. The number of amides is 1. The van der Waals surface area contributed by atoms with Gasteiger partial charge in [-0.3, -0.25) is 4.79 Å². The fraction of sp³-hybridized carbons (Fsp3) is 0.333. The van der Waals surface area contributed by atoms with Crippen LogP contribution in [0.3, 0.4) is 0 Å². The Morgan fingerprint density at radius 2 is 1.83 bits per heavy atom. The van der Waals surface area contributed by atoms with Crippen molar-refractivity contribution in [2.24, 2.45) is 4.99 Å². The van der Waals surface area contributed by atoms with E-state index in [2.05, 4.69) is 20.9 Å². The average molecular weight is 512 g/mol. The molecule has 0 spiro atoms. The molecule has 0 aliphatic rings. The smallest absolute Gasteiger partial charge is 0.221 e. The highest BCUT2D eigenvalue weighted by Crippen LogP contribution is 2.17. The Hall–Kier alpha value is -2.49. The van der Waals surface area contributed by atoms with Gasteiger partial charge in [0, 0.05) is 25.2 Å². The number of ether oxygens (including phenoxy) is 2. The summed E-state index contributed by atoms with van der Waals surface area (Å²) in [4.78, 5) is 15.7. The number of aliphatic imine (C=N–C) groups is 1. The molecule has 0 saturated carbocycles. The zero-order valence-electron chi connectivity index (χ0n) is 17.0. The molecule has 7 nitrogen and oxygen atoms in total. The maximum atomic E-state index is 11.1. The number of carbonyl (C=O) groups excluding carboxylic acids is 1. The van der Waals surface area contributed by atoms with Crippen molar-refractivity contribution in [2.45, 2.75) is 20.4 Å². The van der Waals surface area contributed by atoms with Gasteiger partial charge in [-0.25, -0.2) is 4.99 Å². The fourth-order valence-corrected chi connectivity index (χ4v) is 2.45. The Labute approximate surface area is 189 Å². The topological polar surface area (TPSA) is 84.0 Å². The van der Waals surface area contributed by atoms with Crippen LogP contribution in [0, 0.1) is 0 Å². The van der Waals surface area contributed by atoms with E-state index < -0.39 is 0 Å². The molecule has 1 amide bonds. The lowest BCUT2D eigenvalue weighted by Gasteiger charge is -2.13. The Balaban J connectivity index is 0.00000420. The van der Waals surface area contributed by atoms with E-state index in [9.17, 15) is 4.79 Å². The van der Waals surface area contributed by atoms with Crippen LogP contribution in [0.15, 0.2) is 53.5 Å². The third-order valence-corrected chi connectivity index (χ3v) is 3.74. The number of methoxy groups -OCH3 is 1. The van der Waals surface area contributed by atoms with Gasteiger partial charge in [-0.05, 0) is 36.8 Å². The van der Waals surface area contributed by atoms with Gasteiger partial charge in [0.1, 0.15) is 18.1 Å². The van der Waals surface area contributed by atoms with Crippen molar-refractivity contribution in [3.63, 3.8) is 0 Å². The monoisotopic (exact) mass is 512 g/mol. The SMILES string of the molecule is CCNC(=NCc1ccc(OC)cc1)NCCOc1cccc(NC(C)=O)c1.I. The molecule has 0 heterocycles. The minimum absolute atomic E-state index is 0. The summed E-state index contributed by atoms with van der Waals surface area (Å²) in [7, 11) is 1.65. The predicted octanol–water partition coefficient (Wildman–Crippen LogP) is 3.41. The minimum Gasteiger partial charge on any atom is -0.497 e. The van der Waals surface area contributed by atoms with Crippen LogP contribution < -0.4 is 25.4 Å². The first kappa shape index (κ1) is 24.5. The number of benzene rings is 2. The number of halogens is 1. The van der Waals surface area contributed by atoms with Crippen molar-refractivity contribution < 1.29 is 14.3 Å². The van der Waals surface area contributed by atoms with E-state index in [4.69, 9.17) is 9.47 Å². The Morgan fingerprint density at radius 1 is 1.07 bits per heavy atom. The molecule has 0 saturated heterocycles. The van der Waals surface area contributed by atoms with E-state index in [-0.39, 0.29) is 29.9 Å². The summed E-state index contributed by atoms with van der Waals surface area (Å²) < 4.78 is 10.9. The van der Waals surface area contributed by atoms with Gasteiger partial charge < -0.3 is 25.4 Å². The number of guanidine groups is 1. The van der Waals surface area contributed by atoms with Crippen molar-refractivity contribution >= 4 is 41.5 Å². The third kappa shape index (κ3) is 9.51. The van der Waals surface area contributed by atoms with Crippen molar-refractivity contribution in [2.75, 3.05) is 32.1 Å². The highest BCUT2D eigenvalue weighted by Gasteiger charge is 2.01. The zero-order valence-corrected chi connectivity index (χ0v) is 19.4. The highest BCUT2D eigenvalue weighted by atomic mass is 127. The maximum Gasteiger partial charge on any atom is 0.221 e. The minimum atomic E-state index is -0.109. The molecule has 29 heavy (non-hydrogen) atoms. The Morgan fingerprint density at radius 3 is 2.48 bits per heavy atom. The molecule has 0 radical (unpaired) electrons. The number of nitrogens with one attached hydrogen (secondary N) is 3. The summed E-state index contributed by atoms with van der Waals surface area (Å²) >= 11 is 0. The lowest BCUT2D eigenvalue weighted by Crippen LogP contribution is -2.39. The quantitative estimate of drug-likeness (QED) is 0.208. The van der Waals surface area contributed by atoms with Crippen molar-refractivity contribution in [1.29, 1.82) is 0 Å². The lowest BCUT2D eigenvalue weighted by molar-refractivity contribution is -0.114. The van der Waals surface area contributed by atoms with Crippen LogP contribution in [0.5, 0.6) is 11.5 Å². The molecular weight excluding hydrogens is 483 g/mol. The standard InChI is InChI=1S/C21H28N4O3.HI/c1-4-22-21(24-15-17-8-10-19(27-3)11-9-17)23-12-13-28-20-7-5-6-18(14-20)25-16(2)26;/h5-11,14H,4,12-13,15H2,1-3H3,(H,25,26)(H2,22,23,24);1H. The fourth-order valence-electron chi connectivity index (χ4n) is 2.45. The van der Waals surface area contributed by atoms with Crippen LogP contribution in [0.1, 0.15) is 19.4 Å². The van der Waals surface area contributed by atoms with E-state index in [0.717, 1.165) is 23.8 Å². The number of rotatable bonds is 9. The first-order valence-corrected chi connectivity index (χ1v) is 9.26. The molecule has 0 aromatic heterocycles. The molecule has 0 aliphatic carbocycles. The van der Waals surface area contributed by atoms with Crippen LogP contribution in [0.4, 0.5) is 5.69 Å². The second-order valence-corrected chi connectivity index (χ2v) is 6.03. The maximum absolute atomic E-state index is 11.1. The van der Waals surface area contributed by atoms with Crippen LogP contribution in [-0.2, 0) is 11.3 Å². The average Bonchev–Trinajstić information content (AvgIpc) is 2.69. The van der Waals surface area contributed by atoms with E-state index in [1.807, 2.05) is 49.4 Å². The molecule has 0 bridgehead atoms. The van der Waals surface area contributed by atoms with Crippen LogP contribution >= 0.6 is 24.0 Å². The number of hydrogen-bond donors (Lipinski definition) is 3. The number of hydrogen-bond acceptors (Lipinski definition) is 4. The molecule has 2 aromatic carbocycles. The number of carbonyl (C=O) groups is 1. The summed E-state index contributed by atoms with van der Waals surface area (Å²) in [5.74, 6) is 2.15. The summed E-state index contributed by atoms with van der Waals surface area (Å²) in [6, 6.07) is 15.2. The largest absolute Gasteiger partial charge is 0.497 e. The third-order valence-electron chi connectivity index (χ3n) is 3.74. The normalized spacial score (nSPS) is 10.5. The molecule has 0 fully saturated rings. The molecule has 8 heteroatoms. The molecule has 0 atom stereocenters. The van der Waals surface area contributed by atoms with Crippen molar-refractivity contribution in [1.82, 2.24) is 10.6 Å². The van der Waals surface area contributed by atoms with Gasteiger partial charge in [-0.1, -0.05) is 18.2 Å². The molecule has 3 N–H and O–H groups in total. The Bertz CT molecular complexity index is 782. The summed E-state index contributed by atoms with van der Waals surface area (Å²) in [6.07, 6.45) is 0. The van der Waals surface area contributed by atoms with E-state index in [1.54, 1.807) is 13.2 Å². The molecule has 0 unspecified atom stereocenters. The van der Waals surface area contributed by atoms with Crippen molar-refractivity contribution in [3.05, 3.63) is 54.1 Å². The van der Waals surface area contributed by atoms with Crippen LogP contribution in [0.25, 0.3) is 0 Å². The molecule has 2 rings (SSSR count). The van der Waals surface area contributed by atoms with Gasteiger partial charge in [-0.2, -0.15) is 0 Å². The number of nitrogens with zero attached hydrogens (tertiary/aromatic N) is 1. The van der Waals surface area contributed by atoms with Crippen molar-refractivity contribution in [3.8, 4) is 11.5 Å². The van der Waals surface area contributed by atoms with Crippen LogP contribution in [0.2, 0.25) is 0 Å². The molecular formula is C21H29IN4O3. The highest BCUT2D eigenvalue weighted by molar-refractivity contribution is 14.0. The Kier molecular flexibility index (Phi) is 11.6. The van der Waals surface area contributed by atoms with Gasteiger partial charge in [-0.15, -0.1) is 24.0 Å². The van der Waals surface area contributed by atoms with Crippen LogP contribution in [-0.4, -0.2) is 38.7 Å². The second-order valence-electron chi connectivity index (χ2n) is 6.03. The predicted molar refractivity (Wildman–Crippen MR) is 127 cm³/mol. The molecule has 0 aliphatic heterocycles. The summed E-state index contributed by atoms with van der Waals surface area (Å²) in [6.45, 7) is 5.90. The first-order valence-electron chi connectivity index (χ1n) is 9.26. The number of anilines is 1. The zero-order chi connectivity index (χ0) is 20.2. The van der Waals surface area contributed by atoms with E-state index >= 15 is 0 Å². The summed E-state index contributed by atoms with van der Waals surface area (Å²) in [5.41, 5.74) is 1.82. The van der Waals surface area contributed by atoms with Gasteiger partial charge >= 0.3 is 0 Å². The molecule has 2 aromatic rings. The van der Waals surface area contributed by atoms with E-state index in [0.29, 0.717) is 31.1 Å². The van der Waals surface area contributed by atoms with Gasteiger partial charge in [0.05, 0.1) is 20.2 Å². The first-order chi connectivity index (χ1) is 13.6. The lowest BCUT2D eigenvalue weighted by atomic mass is 10.2. The molecule has 158 valence electrons. The second kappa shape index (κ2) is 13.6. The van der Waals surface area contributed by atoms with Gasteiger partial charge in [0.2, 0.25) is 5.91 Å². The van der Waals surface area contributed by atoms with E-state index in [1.165, 1.54) is 6.92 Å².